The lowest BCUT2D eigenvalue weighted by molar-refractivity contribution is -0.144. The second-order valence-electron chi connectivity index (χ2n) is 20.0. The second-order valence-corrected chi connectivity index (χ2v) is 20.0. The van der Waals surface area contributed by atoms with Crippen molar-refractivity contribution in [3.8, 4) is 0 Å². The van der Waals surface area contributed by atoms with Crippen molar-refractivity contribution >= 4 is 77.0 Å². The van der Waals surface area contributed by atoms with Crippen molar-refractivity contribution < 1.29 is 93.0 Å². The predicted octanol–water partition coefficient (Wildman–Crippen LogP) is -6.96. The fourth-order valence-electron chi connectivity index (χ4n) is 7.66. The molecule has 0 unspecified atom stereocenters. The molecule has 1 aromatic heterocycles. The zero-order valence-electron chi connectivity index (χ0n) is 46.7. The van der Waals surface area contributed by atoms with E-state index in [0.717, 1.165) is 0 Å². The van der Waals surface area contributed by atoms with E-state index in [4.69, 9.17) is 11.5 Å². The summed E-state index contributed by atoms with van der Waals surface area (Å²) in [4.78, 5) is 177. The molecule has 0 aromatic carbocycles. The summed E-state index contributed by atoms with van der Waals surface area (Å²) < 4.78 is 0. The number of H-pyrrole nitrogens is 1. The maximum atomic E-state index is 13.9. The lowest BCUT2D eigenvalue weighted by Crippen LogP contribution is -2.62. The second kappa shape index (κ2) is 37.2. The van der Waals surface area contributed by atoms with E-state index in [0.29, 0.717) is 18.5 Å². The number of hydrogen-bond donors (Lipinski definition) is 19. The fraction of sp³-hybridized carbons (Fsp3) is 0.673. The van der Waals surface area contributed by atoms with Gasteiger partial charge in [0.1, 0.15) is 60.4 Å². The molecule has 0 radical (unpaired) electrons. The number of carboxylic acids is 3. The number of nitrogens with one attached hydrogen (secondary N) is 11. The van der Waals surface area contributed by atoms with E-state index in [2.05, 4.69) is 52.5 Å². The molecule has 462 valence electrons. The van der Waals surface area contributed by atoms with Crippen LogP contribution in [0.3, 0.4) is 0 Å². The van der Waals surface area contributed by atoms with E-state index < -0.39 is 182 Å². The maximum Gasteiger partial charge on any atom is 0.326 e. The Bertz CT molecular complexity index is 2320. The van der Waals surface area contributed by atoms with Gasteiger partial charge < -0.3 is 100 Å². The van der Waals surface area contributed by atoms with Crippen LogP contribution in [0, 0.1) is 17.8 Å². The highest BCUT2D eigenvalue weighted by molar-refractivity contribution is 6.00. The Morgan fingerprint density at radius 2 is 0.927 bits per heavy atom. The molecule has 21 N–H and O–H groups in total. The minimum absolute atomic E-state index is 0.00727. The lowest BCUT2D eigenvalue weighted by atomic mass is 9.97. The minimum atomic E-state index is -2.06. The van der Waals surface area contributed by atoms with Crippen LogP contribution >= 0.6 is 0 Å². The Morgan fingerprint density at radius 3 is 1.35 bits per heavy atom. The molecular formula is C49H82N14O19. The van der Waals surface area contributed by atoms with E-state index in [1.807, 2.05) is 10.6 Å². The standard InChI is InChI=1S/C49H82N14O19/c1-7-25(6)39(48(80)58-30(16-36(68)69)43(75)60-32(19-64)45(77)57-31(17-37(70)71)44(76)62-38(24(4)5)49(81)82)63-47(79)34(21-66)61-46(78)33(20-65)59-41(73)28(14-23(2)3)56-40(72)27(10-8-9-12-50)55-42(74)29(54-35(67)11-13-51)15-26-18-52-22-53-26/h18,22-25,27-34,38-39,64-66H,7-17,19-21,50-51H2,1-6H3,(H,52,53)(H,54,67)(H,55,74)(H,56,72)(H,57,77)(H,58,80)(H,59,73)(H,60,75)(H,61,78)(H,62,76)(H,63,79)(H,68,69)(H,70,71)(H,81,82)/t25-,27-,28-,29-,30-,31-,32-,33-,34-,38-,39-/m0/s1. The van der Waals surface area contributed by atoms with Gasteiger partial charge in [-0.25, -0.2) is 9.78 Å². The Kier molecular flexibility index (Phi) is 32.7. The SMILES string of the molecule is CC[C@H](C)[C@H](NC(=O)[C@H](CO)NC(=O)[C@H](CO)NC(=O)[C@H](CC(C)C)NC(=O)[C@H](CCCCN)NC(=O)[C@H](Cc1cnc[nH]1)NC(=O)CCN)C(=O)N[C@@H](CC(=O)O)C(=O)N[C@@H](CO)C(=O)N[C@@H](CC(=O)O)C(=O)N[C@H](C(=O)O)C(C)C. The number of imidazole rings is 1. The highest BCUT2D eigenvalue weighted by Gasteiger charge is 2.38. The third kappa shape index (κ3) is 25.7. The molecule has 0 aliphatic carbocycles. The van der Waals surface area contributed by atoms with E-state index in [1.54, 1.807) is 20.8 Å². The molecule has 1 rings (SSSR count). The molecule has 0 fully saturated rings. The summed E-state index contributed by atoms with van der Waals surface area (Å²) in [6, 6.07) is -16.8. The van der Waals surface area contributed by atoms with Crippen LogP contribution in [0.4, 0.5) is 0 Å². The summed E-state index contributed by atoms with van der Waals surface area (Å²) in [5, 5.41) is 81.8. The van der Waals surface area contributed by atoms with Gasteiger partial charge in [-0.1, -0.05) is 48.0 Å². The molecule has 33 nitrogen and oxygen atoms in total. The summed E-state index contributed by atoms with van der Waals surface area (Å²) in [6.45, 7) is 6.07. The number of aliphatic carboxylic acids is 3. The number of amides is 10. The van der Waals surface area contributed by atoms with Crippen LogP contribution in [0.2, 0.25) is 0 Å². The van der Waals surface area contributed by atoms with Crippen LogP contribution in [0.5, 0.6) is 0 Å². The molecular weight excluding hydrogens is 1090 g/mol. The number of carbonyl (C=O) groups is 13. The third-order valence-corrected chi connectivity index (χ3v) is 12.4. The number of nitrogens with zero attached hydrogens (tertiary/aromatic N) is 1. The van der Waals surface area contributed by atoms with E-state index in [9.17, 15) is 93.0 Å². The summed E-state index contributed by atoms with van der Waals surface area (Å²) in [5.41, 5.74) is 11.7. The number of nitrogens with two attached hydrogens (primary N) is 2. The van der Waals surface area contributed by atoms with Crippen molar-refractivity contribution in [1.29, 1.82) is 0 Å². The maximum absolute atomic E-state index is 13.9. The summed E-state index contributed by atoms with van der Waals surface area (Å²) in [6.07, 6.45) is 1.31. The number of rotatable bonds is 40. The molecule has 0 aliphatic heterocycles. The van der Waals surface area contributed by atoms with Crippen LogP contribution in [0.15, 0.2) is 12.5 Å². The van der Waals surface area contributed by atoms with Gasteiger partial charge in [0.05, 0.1) is 39.0 Å². The molecule has 0 bridgehead atoms. The van der Waals surface area contributed by atoms with Crippen molar-refractivity contribution in [2.24, 2.45) is 29.2 Å². The Morgan fingerprint density at radius 1 is 0.512 bits per heavy atom. The van der Waals surface area contributed by atoms with Gasteiger partial charge in [0.2, 0.25) is 59.1 Å². The van der Waals surface area contributed by atoms with Gasteiger partial charge in [-0.05, 0) is 50.0 Å². The number of carbonyl (C=O) groups excluding carboxylic acids is 10. The third-order valence-electron chi connectivity index (χ3n) is 12.4. The highest BCUT2D eigenvalue weighted by Crippen LogP contribution is 2.12. The number of hydrogen-bond acceptors (Lipinski definition) is 19. The lowest BCUT2D eigenvalue weighted by Gasteiger charge is -2.29. The molecule has 1 heterocycles. The van der Waals surface area contributed by atoms with Crippen LogP contribution in [-0.2, 0) is 68.7 Å². The average molecular weight is 1170 g/mol. The predicted molar refractivity (Wildman–Crippen MR) is 285 cm³/mol. The van der Waals surface area contributed by atoms with Gasteiger partial charge in [0.15, 0.2) is 0 Å². The summed E-state index contributed by atoms with van der Waals surface area (Å²) in [5.74, 6) is -17.5. The number of aliphatic hydroxyl groups is 3. The molecule has 0 saturated heterocycles. The first kappa shape index (κ1) is 72.1. The van der Waals surface area contributed by atoms with Gasteiger partial charge in [-0.2, -0.15) is 0 Å². The van der Waals surface area contributed by atoms with Crippen LogP contribution < -0.4 is 64.6 Å². The first-order valence-corrected chi connectivity index (χ1v) is 26.5. The molecule has 11 atom stereocenters. The quantitative estimate of drug-likeness (QED) is 0.0272. The van der Waals surface area contributed by atoms with Gasteiger partial charge in [-0.15, -0.1) is 0 Å². The Balaban J connectivity index is 3.32. The molecule has 0 spiro atoms. The molecule has 33 heteroatoms. The molecule has 0 aliphatic rings. The zero-order chi connectivity index (χ0) is 62.4. The zero-order valence-corrected chi connectivity index (χ0v) is 46.7. The molecule has 1 aromatic rings. The van der Waals surface area contributed by atoms with E-state index >= 15 is 0 Å². The van der Waals surface area contributed by atoms with Crippen molar-refractivity contribution in [2.45, 2.75) is 160 Å². The van der Waals surface area contributed by atoms with Gasteiger partial charge in [0, 0.05) is 31.3 Å². The number of unbranched alkanes of at least 4 members (excludes halogenated alkanes) is 1. The Hall–Kier alpha value is -7.88. The van der Waals surface area contributed by atoms with Crippen LogP contribution in [0.25, 0.3) is 0 Å². The Labute approximate surface area is 472 Å². The van der Waals surface area contributed by atoms with Crippen LogP contribution in [0.1, 0.15) is 98.6 Å². The van der Waals surface area contributed by atoms with E-state index in [1.165, 1.54) is 33.3 Å². The number of aromatic nitrogens is 2. The first-order valence-electron chi connectivity index (χ1n) is 26.5. The summed E-state index contributed by atoms with van der Waals surface area (Å²) in [7, 11) is 0. The van der Waals surface area contributed by atoms with Gasteiger partial charge >= 0.3 is 17.9 Å². The highest BCUT2D eigenvalue weighted by atomic mass is 16.4. The van der Waals surface area contributed by atoms with Crippen molar-refractivity contribution in [2.75, 3.05) is 32.9 Å². The summed E-state index contributed by atoms with van der Waals surface area (Å²) >= 11 is 0. The van der Waals surface area contributed by atoms with Crippen molar-refractivity contribution in [3.63, 3.8) is 0 Å². The normalized spacial score (nSPS) is 15.2. The number of carboxylic acid groups (broad SMARTS) is 3. The molecule has 82 heavy (non-hydrogen) atoms. The topological polar surface area (TPSA) is 544 Å². The van der Waals surface area contributed by atoms with Crippen molar-refractivity contribution in [1.82, 2.24) is 63.1 Å². The fourth-order valence-corrected chi connectivity index (χ4v) is 7.66. The van der Waals surface area contributed by atoms with Gasteiger partial charge in [0.25, 0.3) is 0 Å². The minimum Gasteiger partial charge on any atom is -0.481 e. The number of aromatic amines is 1. The van der Waals surface area contributed by atoms with Crippen molar-refractivity contribution in [3.05, 3.63) is 18.2 Å². The van der Waals surface area contributed by atoms with Gasteiger partial charge in [-0.3, -0.25) is 57.5 Å². The monoisotopic (exact) mass is 1170 g/mol. The van der Waals surface area contributed by atoms with Crippen LogP contribution in [-0.4, -0.2) is 211 Å². The molecule has 0 saturated carbocycles. The molecule has 10 amide bonds. The van der Waals surface area contributed by atoms with E-state index in [-0.39, 0.29) is 51.1 Å². The smallest absolute Gasteiger partial charge is 0.326 e. The number of aliphatic hydroxyl groups excluding tert-OH is 3. The average Bonchev–Trinajstić information content (AvgIpc) is 4.00. The largest absolute Gasteiger partial charge is 0.481 e. The first-order chi connectivity index (χ1) is 38.6.